The minimum Gasteiger partial charge on any atom is -0.328 e. The summed E-state index contributed by atoms with van der Waals surface area (Å²) in [4.78, 5) is 32.3. The Kier molecular flexibility index (Phi) is 6.99. The monoisotopic (exact) mass is 543 g/mol. The summed E-state index contributed by atoms with van der Waals surface area (Å²) in [5.74, 6) is 1.56. The number of hydrogen-bond donors (Lipinski definition) is 2. The third-order valence-corrected chi connectivity index (χ3v) is 7.35. The van der Waals surface area contributed by atoms with Gasteiger partial charge in [-0.1, -0.05) is 6.92 Å². The molecule has 1 unspecified atom stereocenters. The Hall–Kier alpha value is -4.23. The van der Waals surface area contributed by atoms with E-state index in [0.29, 0.717) is 17.3 Å². The van der Waals surface area contributed by atoms with Crippen LogP contribution in [-0.2, 0) is 17.9 Å². The molecule has 1 amide bonds. The Bertz CT molecular complexity index is 1590. The summed E-state index contributed by atoms with van der Waals surface area (Å²) in [7, 11) is 0. The van der Waals surface area contributed by atoms with Gasteiger partial charge in [-0.15, -0.1) is 0 Å². The second kappa shape index (κ2) is 10.9. The molecular formula is C26H29N11OS. The van der Waals surface area contributed by atoms with Gasteiger partial charge >= 0.3 is 0 Å². The maximum atomic E-state index is 12.4. The number of carbonyl (C=O) groups is 1. The molecular weight excluding hydrogens is 514 g/mol. The van der Waals surface area contributed by atoms with Crippen molar-refractivity contribution in [3.63, 3.8) is 0 Å². The highest BCUT2D eigenvalue weighted by Crippen LogP contribution is 2.28. The molecule has 1 aliphatic heterocycles. The zero-order chi connectivity index (χ0) is 26.8. The smallest absolute Gasteiger partial charge is 0.247 e. The first-order valence-corrected chi connectivity index (χ1v) is 13.7. The number of hydrogen-bond acceptors (Lipinski definition) is 10. The summed E-state index contributed by atoms with van der Waals surface area (Å²) in [5, 5.41) is 11.4. The average Bonchev–Trinajstić information content (AvgIpc) is 3.65. The number of aromatic nitrogens is 8. The number of fused-ring (bicyclic) bond motifs is 1. The van der Waals surface area contributed by atoms with E-state index in [-0.39, 0.29) is 12.5 Å². The summed E-state index contributed by atoms with van der Waals surface area (Å²) in [6.45, 7) is 7.43. The zero-order valence-corrected chi connectivity index (χ0v) is 22.6. The van der Waals surface area contributed by atoms with Crippen LogP contribution in [0, 0.1) is 12.8 Å². The summed E-state index contributed by atoms with van der Waals surface area (Å²) < 4.78 is 8.24. The van der Waals surface area contributed by atoms with E-state index in [2.05, 4.69) is 52.9 Å². The van der Waals surface area contributed by atoms with Crippen molar-refractivity contribution in [2.45, 2.75) is 39.8 Å². The van der Waals surface area contributed by atoms with Crippen molar-refractivity contribution in [2.24, 2.45) is 5.92 Å². The molecule has 1 saturated heterocycles. The molecule has 13 heteroatoms. The normalized spacial score (nSPS) is 16.0. The van der Waals surface area contributed by atoms with Crippen molar-refractivity contribution >= 4 is 39.7 Å². The van der Waals surface area contributed by atoms with E-state index < -0.39 is 0 Å². The predicted molar refractivity (Wildman–Crippen MR) is 149 cm³/mol. The van der Waals surface area contributed by atoms with E-state index in [9.17, 15) is 4.79 Å². The van der Waals surface area contributed by atoms with Crippen molar-refractivity contribution in [3.8, 4) is 11.3 Å². The minimum atomic E-state index is -0.242. The Balaban J connectivity index is 1.17. The summed E-state index contributed by atoms with van der Waals surface area (Å²) in [6.07, 6.45) is 14.4. The molecule has 5 aromatic rings. The average molecular weight is 544 g/mol. The molecule has 0 bridgehead atoms. The van der Waals surface area contributed by atoms with Crippen LogP contribution in [-0.4, -0.2) is 62.4 Å². The third-order valence-electron chi connectivity index (χ3n) is 6.61. The number of carbonyl (C=O) groups excluding carboxylic acids is 1. The predicted octanol–water partition coefficient (Wildman–Crippen LogP) is 3.76. The minimum absolute atomic E-state index is 0.0464. The molecule has 12 nitrogen and oxygen atoms in total. The molecule has 1 aliphatic rings. The van der Waals surface area contributed by atoms with Gasteiger partial charge in [0.2, 0.25) is 5.91 Å². The van der Waals surface area contributed by atoms with Gasteiger partial charge < -0.3 is 10.6 Å². The number of rotatable bonds is 8. The van der Waals surface area contributed by atoms with Crippen LogP contribution in [0.2, 0.25) is 0 Å². The molecule has 1 atom stereocenters. The number of amides is 1. The van der Waals surface area contributed by atoms with E-state index in [1.807, 2.05) is 23.7 Å². The van der Waals surface area contributed by atoms with Gasteiger partial charge in [-0.05, 0) is 49.8 Å². The SMILES string of the molecule is Cc1cn2c(-c3cnn(CC(=O)Nc4cnccn4)c3)cnc2c(Nc2cc(CN3CCCC(C)C3)ns2)n1. The number of imidazole rings is 1. The molecule has 0 radical (unpaired) electrons. The lowest BCUT2D eigenvalue weighted by atomic mass is 10.0. The Morgan fingerprint density at radius 3 is 2.95 bits per heavy atom. The fourth-order valence-corrected chi connectivity index (χ4v) is 5.56. The van der Waals surface area contributed by atoms with E-state index in [1.165, 1.54) is 36.8 Å². The van der Waals surface area contributed by atoms with Gasteiger partial charge in [0.1, 0.15) is 11.5 Å². The summed E-state index contributed by atoms with van der Waals surface area (Å²) in [6, 6.07) is 2.10. The molecule has 1 fully saturated rings. The Morgan fingerprint density at radius 1 is 1.18 bits per heavy atom. The molecule has 0 saturated carbocycles. The molecule has 39 heavy (non-hydrogen) atoms. The highest BCUT2D eigenvalue weighted by molar-refractivity contribution is 7.10. The van der Waals surface area contributed by atoms with Crippen molar-refractivity contribution < 1.29 is 4.79 Å². The number of likely N-dealkylation sites (tertiary alicyclic amines) is 1. The first-order chi connectivity index (χ1) is 19.0. The first kappa shape index (κ1) is 25.1. The Labute approximate surface area is 229 Å². The van der Waals surface area contributed by atoms with E-state index in [1.54, 1.807) is 23.3 Å². The maximum Gasteiger partial charge on any atom is 0.247 e. The van der Waals surface area contributed by atoms with Crippen molar-refractivity contribution in [3.05, 3.63) is 60.8 Å². The van der Waals surface area contributed by atoms with Crippen molar-refractivity contribution in [1.82, 2.24) is 43.4 Å². The number of aryl methyl sites for hydroxylation is 1. The summed E-state index contributed by atoms with van der Waals surface area (Å²) >= 11 is 1.44. The van der Waals surface area contributed by atoms with Crippen molar-refractivity contribution in [1.29, 1.82) is 0 Å². The van der Waals surface area contributed by atoms with Crippen molar-refractivity contribution in [2.75, 3.05) is 23.7 Å². The molecule has 6 heterocycles. The fourth-order valence-electron chi connectivity index (χ4n) is 4.90. The van der Waals surface area contributed by atoms with Gasteiger partial charge in [0.25, 0.3) is 0 Å². The van der Waals surface area contributed by atoms with Crippen LogP contribution in [0.5, 0.6) is 0 Å². The zero-order valence-electron chi connectivity index (χ0n) is 21.8. The van der Waals surface area contributed by atoms with Crippen LogP contribution in [0.3, 0.4) is 0 Å². The van der Waals surface area contributed by atoms with Gasteiger partial charge in [-0.25, -0.2) is 15.0 Å². The first-order valence-electron chi connectivity index (χ1n) is 12.9. The molecule has 0 spiro atoms. The van der Waals surface area contributed by atoms with Gasteiger partial charge in [-0.2, -0.15) is 9.47 Å². The highest BCUT2D eigenvalue weighted by Gasteiger charge is 2.18. The molecule has 200 valence electrons. The van der Waals surface area contributed by atoms with Crippen LogP contribution in [0.4, 0.5) is 16.6 Å². The van der Waals surface area contributed by atoms with Crippen LogP contribution >= 0.6 is 11.5 Å². The van der Waals surface area contributed by atoms with Crippen LogP contribution in [0.1, 0.15) is 31.2 Å². The van der Waals surface area contributed by atoms with Crippen LogP contribution in [0.25, 0.3) is 16.9 Å². The fraction of sp³-hybridized carbons (Fsp3) is 0.346. The lowest BCUT2D eigenvalue weighted by Crippen LogP contribution is -2.33. The third kappa shape index (κ3) is 5.78. The lowest BCUT2D eigenvalue weighted by Gasteiger charge is -2.30. The molecule has 0 aliphatic carbocycles. The number of piperidine rings is 1. The second-order valence-corrected chi connectivity index (χ2v) is 10.7. The number of nitrogens with zero attached hydrogens (tertiary/aromatic N) is 9. The maximum absolute atomic E-state index is 12.4. The molecule has 6 rings (SSSR count). The lowest BCUT2D eigenvalue weighted by molar-refractivity contribution is -0.116. The topological polar surface area (TPSA) is 131 Å². The highest BCUT2D eigenvalue weighted by atomic mass is 32.1. The molecule has 2 N–H and O–H groups in total. The van der Waals surface area contributed by atoms with Crippen LogP contribution in [0.15, 0.2) is 49.4 Å². The molecule has 0 aromatic carbocycles. The molecule has 5 aromatic heterocycles. The Morgan fingerprint density at radius 2 is 2.10 bits per heavy atom. The summed E-state index contributed by atoms with van der Waals surface area (Å²) in [5.41, 5.74) is 4.29. The van der Waals surface area contributed by atoms with E-state index in [0.717, 1.165) is 53.2 Å². The van der Waals surface area contributed by atoms with Gasteiger partial charge in [0.15, 0.2) is 17.3 Å². The largest absolute Gasteiger partial charge is 0.328 e. The van der Waals surface area contributed by atoms with E-state index in [4.69, 9.17) is 4.98 Å². The number of nitrogens with one attached hydrogen (secondary N) is 2. The van der Waals surface area contributed by atoms with Gasteiger partial charge in [0, 0.05) is 43.4 Å². The number of anilines is 3. The standard InChI is InChI=1S/C26H29N11OS/c1-17-4-3-7-35(12-17)15-20-8-24(39-34-20)33-25-26-29-10-21(37(26)13-18(2)31-25)19-9-30-36(14-19)16-23(38)32-22-11-27-5-6-28-22/h5-6,8-11,13-14,17H,3-4,7,12,15-16H2,1-2H3,(H,31,33)(H,28,32,38). The second-order valence-electron chi connectivity index (χ2n) is 9.92. The quantitative estimate of drug-likeness (QED) is 0.300. The van der Waals surface area contributed by atoms with Gasteiger partial charge in [-0.3, -0.25) is 23.8 Å². The van der Waals surface area contributed by atoms with E-state index >= 15 is 0 Å². The van der Waals surface area contributed by atoms with Gasteiger partial charge in [0.05, 0.1) is 35.7 Å². The van der Waals surface area contributed by atoms with Crippen LogP contribution < -0.4 is 10.6 Å².